The number of benzene rings is 2. The monoisotopic (exact) mass is 343 g/mol. The summed E-state index contributed by atoms with van der Waals surface area (Å²) in [5, 5.41) is 3.35. The van der Waals surface area contributed by atoms with Crippen molar-refractivity contribution in [3.05, 3.63) is 69.2 Å². The summed E-state index contributed by atoms with van der Waals surface area (Å²) >= 11 is 3.70. The molecule has 0 amide bonds. The predicted octanol–water partition coefficient (Wildman–Crippen LogP) is 4.48. The van der Waals surface area contributed by atoms with Crippen LogP contribution in [0.5, 0.6) is 0 Å². The molecule has 2 heteroatoms. The van der Waals surface area contributed by atoms with E-state index < -0.39 is 0 Å². The molecule has 0 saturated heterocycles. The molecular formula is C19H22BrN. The molecule has 0 fully saturated rings. The highest BCUT2D eigenvalue weighted by Gasteiger charge is 2.16. The van der Waals surface area contributed by atoms with Crippen LogP contribution in [-0.2, 0) is 19.3 Å². The summed E-state index contributed by atoms with van der Waals surface area (Å²) < 4.78 is 1.21. The average molecular weight is 344 g/mol. The van der Waals surface area contributed by atoms with Crippen molar-refractivity contribution in [2.24, 2.45) is 0 Å². The standard InChI is InChI=1S/C19H22BrN/c1-21-13-17(18-7-2-3-8-19(18)20)12-14-9-10-15-5-4-6-16(15)11-14/h2-3,7-11,17,21H,4-6,12-13H2,1H3. The number of aryl methyl sites for hydroxylation is 2. The van der Waals surface area contributed by atoms with Gasteiger partial charge in [-0.1, -0.05) is 52.3 Å². The summed E-state index contributed by atoms with van der Waals surface area (Å²) in [6.45, 7) is 1.000. The maximum absolute atomic E-state index is 3.70. The molecule has 0 heterocycles. The Hall–Kier alpha value is -1.12. The lowest BCUT2D eigenvalue weighted by Crippen LogP contribution is -2.19. The Morgan fingerprint density at radius 3 is 2.71 bits per heavy atom. The van der Waals surface area contributed by atoms with Crippen LogP contribution >= 0.6 is 15.9 Å². The molecule has 1 aliphatic carbocycles. The Kier molecular flexibility index (Phi) is 4.77. The minimum absolute atomic E-state index is 0.505. The maximum atomic E-state index is 3.70. The van der Waals surface area contributed by atoms with Crippen LogP contribution in [0.1, 0.15) is 34.6 Å². The van der Waals surface area contributed by atoms with Crippen molar-refractivity contribution < 1.29 is 0 Å². The average Bonchev–Trinajstić information content (AvgIpc) is 2.95. The van der Waals surface area contributed by atoms with Crippen molar-refractivity contribution >= 4 is 15.9 Å². The minimum Gasteiger partial charge on any atom is -0.319 e. The minimum atomic E-state index is 0.505. The number of fused-ring (bicyclic) bond motifs is 1. The van der Waals surface area contributed by atoms with Gasteiger partial charge in [-0.3, -0.25) is 0 Å². The summed E-state index contributed by atoms with van der Waals surface area (Å²) in [5.74, 6) is 0.505. The topological polar surface area (TPSA) is 12.0 Å². The molecule has 0 spiro atoms. The van der Waals surface area contributed by atoms with E-state index in [1.54, 1.807) is 11.1 Å². The van der Waals surface area contributed by atoms with Gasteiger partial charge in [-0.2, -0.15) is 0 Å². The summed E-state index contributed by atoms with van der Waals surface area (Å²) in [4.78, 5) is 0. The molecule has 0 bridgehead atoms. The highest BCUT2D eigenvalue weighted by molar-refractivity contribution is 9.10. The fourth-order valence-electron chi connectivity index (χ4n) is 3.38. The van der Waals surface area contributed by atoms with E-state index in [0.29, 0.717) is 5.92 Å². The molecule has 1 atom stereocenters. The lowest BCUT2D eigenvalue weighted by molar-refractivity contribution is 0.623. The lowest BCUT2D eigenvalue weighted by Gasteiger charge is -2.19. The summed E-state index contributed by atoms with van der Waals surface area (Å²) in [6.07, 6.45) is 4.94. The van der Waals surface area contributed by atoms with Gasteiger partial charge in [0.05, 0.1) is 0 Å². The van der Waals surface area contributed by atoms with Gasteiger partial charge >= 0.3 is 0 Å². The van der Waals surface area contributed by atoms with Crippen LogP contribution in [0.15, 0.2) is 46.9 Å². The maximum Gasteiger partial charge on any atom is 0.0210 e. The third-order valence-electron chi connectivity index (χ3n) is 4.44. The molecule has 0 aromatic heterocycles. The first kappa shape index (κ1) is 14.8. The molecule has 0 aliphatic heterocycles. The van der Waals surface area contributed by atoms with Gasteiger partial charge in [-0.15, -0.1) is 0 Å². The number of rotatable bonds is 5. The van der Waals surface area contributed by atoms with Crippen molar-refractivity contribution in [2.45, 2.75) is 31.6 Å². The molecular weight excluding hydrogens is 322 g/mol. The smallest absolute Gasteiger partial charge is 0.0210 e. The largest absolute Gasteiger partial charge is 0.319 e. The highest BCUT2D eigenvalue weighted by atomic mass is 79.9. The highest BCUT2D eigenvalue weighted by Crippen LogP contribution is 2.29. The van der Waals surface area contributed by atoms with Crippen LogP contribution in [0.4, 0.5) is 0 Å². The zero-order chi connectivity index (χ0) is 14.7. The van der Waals surface area contributed by atoms with Crippen molar-refractivity contribution in [2.75, 3.05) is 13.6 Å². The molecule has 0 radical (unpaired) electrons. The summed E-state index contributed by atoms with van der Waals surface area (Å²) in [7, 11) is 2.03. The van der Waals surface area contributed by atoms with Gasteiger partial charge in [-0.25, -0.2) is 0 Å². The van der Waals surface area contributed by atoms with Crippen LogP contribution in [0.3, 0.4) is 0 Å². The second-order valence-electron chi connectivity index (χ2n) is 5.94. The number of halogens is 1. The van der Waals surface area contributed by atoms with E-state index in [-0.39, 0.29) is 0 Å². The van der Waals surface area contributed by atoms with E-state index in [4.69, 9.17) is 0 Å². The van der Waals surface area contributed by atoms with Crippen LogP contribution < -0.4 is 5.32 Å². The fourth-order valence-corrected chi connectivity index (χ4v) is 3.99. The van der Waals surface area contributed by atoms with Gasteiger partial charge in [0.25, 0.3) is 0 Å². The van der Waals surface area contributed by atoms with Gasteiger partial charge in [0.1, 0.15) is 0 Å². The fraction of sp³-hybridized carbons (Fsp3) is 0.368. The Labute approximate surface area is 135 Å². The first-order valence-corrected chi connectivity index (χ1v) is 8.57. The van der Waals surface area contributed by atoms with Crippen molar-refractivity contribution in [3.63, 3.8) is 0 Å². The first-order chi connectivity index (χ1) is 10.3. The van der Waals surface area contributed by atoms with Gasteiger partial charge in [0.2, 0.25) is 0 Å². The van der Waals surface area contributed by atoms with E-state index in [2.05, 4.69) is 63.7 Å². The Morgan fingerprint density at radius 2 is 1.90 bits per heavy atom. The molecule has 21 heavy (non-hydrogen) atoms. The number of nitrogens with one attached hydrogen (secondary N) is 1. The lowest BCUT2D eigenvalue weighted by atomic mass is 9.91. The van der Waals surface area contributed by atoms with E-state index in [1.165, 1.54) is 34.9 Å². The molecule has 110 valence electrons. The number of hydrogen-bond donors (Lipinski definition) is 1. The summed E-state index contributed by atoms with van der Waals surface area (Å²) in [6, 6.07) is 15.7. The van der Waals surface area contributed by atoms with Crippen molar-refractivity contribution in [3.8, 4) is 0 Å². The second kappa shape index (κ2) is 6.76. The van der Waals surface area contributed by atoms with Gasteiger partial charge in [0, 0.05) is 16.9 Å². The van der Waals surface area contributed by atoms with E-state index in [1.807, 2.05) is 7.05 Å². The Morgan fingerprint density at radius 1 is 1.10 bits per heavy atom. The first-order valence-electron chi connectivity index (χ1n) is 7.77. The molecule has 0 saturated carbocycles. The van der Waals surface area contributed by atoms with Gasteiger partial charge in [0.15, 0.2) is 0 Å². The second-order valence-corrected chi connectivity index (χ2v) is 6.79. The van der Waals surface area contributed by atoms with Crippen molar-refractivity contribution in [1.29, 1.82) is 0 Å². The molecule has 1 unspecified atom stereocenters. The normalized spacial score (nSPS) is 15.0. The van der Waals surface area contributed by atoms with E-state index >= 15 is 0 Å². The molecule has 1 nitrogen and oxygen atoms in total. The van der Waals surface area contributed by atoms with E-state index in [0.717, 1.165) is 13.0 Å². The quantitative estimate of drug-likeness (QED) is 0.843. The zero-order valence-electron chi connectivity index (χ0n) is 12.5. The predicted molar refractivity (Wildman–Crippen MR) is 93.0 cm³/mol. The molecule has 2 aromatic rings. The van der Waals surface area contributed by atoms with Gasteiger partial charge in [-0.05, 0) is 61.1 Å². The Bertz CT molecular complexity index is 621. The van der Waals surface area contributed by atoms with Crippen LogP contribution in [0.25, 0.3) is 0 Å². The van der Waals surface area contributed by atoms with Crippen LogP contribution in [0, 0.1) is 0 Å². The zero-order valence-corrected chi connectivity index (χ0v) is 14.1. The van der Waals surface area contributed by atoms with E-state index in [9.17, 15) is 0 Å². The third-order valence-corrected chi connectivity index (χ3v) is 5.16. The molecule has 1 N–H and O–H groups in total. The number of likely N-dealkylation sites (N-methyl/N-ethyl adjacent to an activating group) is 1. The van der Waals surface area contributed by atoms with Crippen LogP contribution in [0.2, 0.25) is 0 Å². The molecule has 1 aliphatic rings. The van der Waals surface area contributed by atoms with Crippen molar-refractivity contribution in [1.82, 2.24) is 5.32 Å². The summed E-state index contributed by atoms with van der Waals surface area (Å²) in [5.41, 5.74) is 5.99. The molecule has 2 aromatic carbocycles. The SMILES string of the molecule is CNCC(Cc1ccc2c(c1)CCC2)c1ccccc1Br. The molecule has 3 rings (SSSR count). The van der Waals surface area contributed by atoms with Gasteiger partial charge < -0.3 is 5.32 Å². The van der Waals surface area contributed by atoms with Crippen LogP contribution in [-0.4, -0.2) is 13.6 Å². The third kappa shape index (κ3) is 3.38. The number of hydrogen-bond acceptors (Lipinski definition) is 1. The Balaban J connectivity index is 1.84.